The molecule has 2 nitrogen and oxygen atoms in total. The lowest BCUT2D eigenvalue weighted by atomic mass is 9.98. The first-order valence-corrected chi connectivity index (χ1v) is 6.68. The molecule has 0 bridgehead atoms. The van der Waals surface area contributed by atoms with E-state index in [1.807, 2.05) is 24.3 Å². The van der Waals surface area contributed by atoms with Gasteiger partial charge in [-0.1, -0.05) is 48.0 Å². The first-order valence-electron chi connectivity index (χ1n) is 6.31. The van der Waals surface area contributed by atoms with Crippen molar-refractivity contribution in [1.82, 2.24) is 4.90 Å². The predicted molar refractivity (Wildman–Crippen MR) is 81.3 cm³/mol. The summed E-state index contributed by atoms with van der Waals surface area (Å²) in [4.78, 5) is 2.15. The normalized spacial score (nSPS) is 12.7. The van der Waals surface area contributed by atoms with E-state index >= 15 is 0 Å². The molecule has 0 radical (unpaired) electrons. The second-order valence-corrected chi connectivity index (χ2v) is 5.45. The Balaban J connectivity index is 2.15. The lowest BCUT2D eigenvalue weighted by Gasteiger charge is -2.14. The zero-order valence-corrected chi connectivity index (χ0v) is 12.1. The molecule has 2 rings (SSSR count). The van der Waals surface area contributed by atoms with Gasteiger partial charge < -0.3 is 10.6 Å². The van der Waals surface area contributed by atoms with Gasteiger partial charge in [0.05, 0.1) is 6.04 Å². The largest absolute Gasteiger partial charge is 0.320 e. The molecule has 0 aromatic heterocycles. The second-order valence-electron chi connectivity index (χ2n) is 5.01. The molecule has 3 heteroatoms. The molecule has 2 aromatic rings. The minimum Gasteiger partial charge on any atom is -0.320 e. The van der Waals surface area contributed by atoms with Crippen LogP contribution in [-0.2, 0) is 6.54 Å². The van der Waals surface area contributed by atoms with Gasteiger partial charge in [-0.25, -0.2) is 0 Å². The van der Waals surface area contributed by atoms with Crippen LogP contribution in [0.2, 0.25) is 5.02 Å². The number of rotatable bonds is 4. The van der Waals surface area contributed by atoms with E-state index in [0.29, 0.717) is 0 Å². The molecule has 0 heterocycles. The summed E-state index contributed by atoms with van der Waals surface area (Å²) in [6, 6.07) is 16.0. The first-order chi connectivity index (χ1) is 9.06. The molecular formula is C16H19ClN2. The van der Waals surface area contributed by atoms with Crippen LogP contribution < -0.4 is 5.73 Å². The van der Waals surface area contributed by atoms with Crippen LogP contribution in [0.3, 0.4) is 0 Å². The Morgan fingerprint density at radius 3 is 1.89 bits per heavy atom. The summed E-state index contributed by atoms with van der Waals surface area (Å²) in [5.41, 5.74) is 9.74. The van der Waals surface area contributed by atoms with E-state index in [-0.39, 0.29) is 6.04 Å². The summed E-state index contributed by atoms with van der Waals surface area (Å²) < 4.78 is 0. The molecule has 1 atom stereocenters. The van der Waals surface area contributed by atoms with Gasteiger partial charge in [-0.15, -0.1) is 0 Å². The zero-order valence-electron chi connectivity index (χ0n) is 11.3. The molecule has 19 heavy (non-hydrogen) atoms. The monoisotopic (exact) mass is 274 g/mol. The maximum atomic E-state index is 6.26. The minimum atomic E-state index is -0.106. The molecular weight excluding hydrogens is 256 g/mol. The van der Waals surface area contributed by atoms with Gasteiger partial charge in [-0.05, 0) is 42.9 Å². The summed E-state index contributed by atoms with van der Waals surface area (Å²) in [5, 5.41) is 0.734. The Kier molecular flexibility index (Phi) is 4.59. The highest BCUT2D eigenvalue weighted by Gasteiger charge is 2.08. The Labute approximate surface area is 119 Å². The van der Waals surface area contributed by atoms with Crippen molar-refractivity contribution in [1.29, 1.82) is 0 Å². The number of benzene rings is 2. The third-order valence-corrected chi connectivity index (χ3v) is 3.32. The third kappa shape index (κ3) is 3.80. The van der Waals surface area contributed by atoms with Crippen molar-refractivity contribution in [2.24, 2.45) is 5.73 Å². The van der Waals surface area contributed by atoms with E-state index in [4.69, 9.17) is 17.3 Å². The van der Waals surface area contributed by atoms with Gasteiger partial charge in [0.1, 0.15) is 0 Å². The summed E-state index contributed by atoms with van der Waals surface area (Å²) >= 11 is 5.89. The molecule has 0 aliphatic rings. The Morgan fingerprint density at radius 2 is 1.42 bits per heavy atom. The van der Waals surface area contributed by atoms with E-state index in [0.717, 1.165) is 22.7 Å². The highest BCUT2D eigenvalue weighted by Crippen LogP contribution is 2.21. The van der Waals surface area contributed by atoms with E-state index in [9.17, 15) is 0 Å². The molecule has 0 aliphatic heterocycles. The minimum absolute atomic E-state index is 0.106. The maximum Gasteiger partial charge on any atom is 0.0551 e. The summed E-state index contributed by atoms with van der Waals surface area (Å²) in [6.45, 7) is 0.941. The van der Waals surface area contributed by atoms with Crippen molar-refractivity contribution in [2.75, 3.05) is 14.1 Å². The fourth-order valence-corrected chi connectivity index (χ4v) is 2.18. The van der Waals surface area contributed by atoms with Crippen molar-refractivity contribution in [3.8, 4) is 0 Å². The van der Waals surface area contributed by atoms with E-state index < -0.39 is 0 Å². The first kappa shape index (κ1) is 14.1. The van der Waals surface area contributed by atoms with Gasteiger partial charge in [-0.3, -0.25) is 0 Å². The Hall–Kier alpha value is -1.35. The van der Waals surface area contributed by atoms with Crippen LogP contribution >= 0.6 is 11.6 Å². The Morgan fingerprint density at radius 1 is 0.947 bits per heavy atom. The van der Waals surface area contributed by atoms with Gasteiger partial charge in [0.2, 0.25) is 0 Å². The van der Waals surface area contributed by atoms with Crippen LogP contribution in [0, 0.1) is 0 Å². The summed E-state index contributed by atoms with van der Waals surface area (Å²) in [7, 11) is 4.13. The highest BCUT2D eigenvalue weighted by molar-refractivity contribution is 6.30. The van der Waals surface area contributed by atoms with E-state index in [2.05, 4.69) is 43.3 Å². The average Bonchev–Trinajstić information content (AvgIpc) is 2.39. The summed E-state index contributed by atoms with van der Waals surface area (Å²) in [5.74, 6) is 0. The number of nitrogens with zero attached hydrogens (tertiary/aromatic N) is 1. The number of halogens is 1. The highest BCUT2D eigenvalue weighted by atomic mass is 35.5. The lowest BCUT2D eigenvalue weighted by molar-refractivity contribution is 0.402. The van der Waals surface area contributed by atoms with E-state index in [1.54, 1.807) is 0 Å². The number of hydrogen-bond acceptors (Lipinski definition) is 2. The number of nitrogens with two attached hydrogens (primary N) is 1. The molecule has 0 fully saturated rings. The van der Waals surface area contributed by atoms with Gasteiger partial charge in [0.25, 0.3) is 0 Å². The standard InChI is InChI=1S/C16H19ClN2/c1-19(2)11-12-3-5-13(6-4-12)16(18)14-7-9-15(17)10-8-14/h3-10,16H,11,18H2,1-2H3. The number of hydrogen-bond donors (Lipinski definition) is 1. The molecule has 2 N–H and O–H groups in total. The Bertz CT molecular complexity index is 517. The van der Waals surface area contributed by atoms with E-state index in [1.165, 1.54) is 5.56 Å². The van der Waals surface area contributed by atoms with Crippen molar-refractivity contribution in [3.63, 3.8) is 0 Å². The van der Waals surface area contributed by atoms with Crippen LogP contribution in [0.15, 0.2) is 48.5 Å². The van der Waals surface area contributed by atoms with Crippen LogP contribution in [0.5, 0.6) is 0 Å². The second kappa shape index (κ2) is 6.20. The average molecular weight is 275 g/mol. The third-order valence-electron chi connectivity index (χ3n) is 3.07. The topological polar surface area (TPSA) is 29.3 Å². The fraction of sp³-hybridized carbons (Fsp3) is 0.250. The zero-order chi connectivity index (χ0) is 13.8. The smallest absolute Gasteiger partial charge is 0.0551 e. The molecule has 0 spiro atoms. The molecule has 1 unspecified atom stereocenters. The van der Waals surface area contributed by atoms with Crippen molar-refractivity contribution >= 4 is 11.6 Å². The van der Waals surface area contributed by atoms with Gasteiger partial charge in [0.15, 0.2) is 0 Å². The van der Waals surface area contributed by atoms with Crippen molar-refractivity contribution in [3.05, 3.63) is 70.2 Å². The van der Waals surface area contributed by atoms with Crippen LogP contribution in [0.25, 0.3) is 0 Å². The predicted octanol–water partition coefficient (Wildman–Crippen LogP) is 3.45. The summed E-state index contributed by atoms with van der Waals surface area (Å²) in [6.07, 6.45) is 0. The maximum absolute atomic E-state index is 6.26. The molecule has 2 aromatic carbocycles. The molecule has 0 saturated carbocycles. The van der Waals surface area contributed by atoms with Crippen molar-refractivity contribution in [2.45, 2.75) is 12.6 Å². The lowest BCUT2D eigenvalue weighted by Crippen LogP contribution is -2.13. The van der Waals surface area contributed by atoms with Gasteiger partial charge in [-0.2, -0.15) is 0 Å². The molecule has 100 valence electrons. The fourth-order valence-electron chi connectivity index (χ4n) is 2.06. The quantitative estimate of drug-likeness (QED) is 0.925. The van der Waals surface area contributed by atoms with Crippen LogP contribution in [0.1, 0.15) is 22.7 Å². The van der Waals surface area contributed by atoms with Gasteiger partial charge in [0, 0.05) is 11.6 Å². The van der Waals surface area contributed by atoms with Crippen LogP contribution in [0.4, 0.5) is 0 Å². The molecule has 0 amide bonds. The van der Waals surface area contributed by atoms with Crippen LogP contribution in [-0.4, -0.2) is 19.0 Å². The molecule has 0 aliphatic carbocycles. The molecule has 0 saturated heterocycles. The SMILES string of the molecule is CN(C)Cc1ccc(C(N)c2ccc(Cl)cc2)cc1. The van der Waals surface area contributed by atoms with Crippen molar-refractivity contribution < 1.29 is 0 Å². The van der Waals surface area contributed by atoms with Gasteiger partial charge >= 0.3 is 0 Å².